The highest BCUT2D eigenvalue weighted by Crippen LogP contribution is 2.28. The first-order valence-electron chi connectivity index (χ1n) is 11.9. The molecule has 8 heteroatoms. The van der Waals surface area contributed by atoms with Crippen molar-refractivity contribution < 1.29 is 14.3 Å². The molecule has 37 heavy (non-hydrogen) atoms. The van der Waals surface area contributed by atoms with Crippen LogP contribution in [0.25, 0.3) is 10.8 Å². The highest BCUT2D eigenvalue weighted by atomic mass is 35.5. The van der Waals surface area contributed by atoms with Crippen LogP contribution in [-0.4, -0.2) is 50.0 Å². The number of fused-ring (bicyclic) bond motifs is 1. The highest BCUT2D eigenvalue weighted by molar-refractivity contribution is 6.36. The largest absolute Gasteiger partial charge is 0.496 e. The van der Waals surface area contributed by atoms with Gasteiger partial charge in [-0.05, 0) is 60.0 Å². The average molecular weight is 534 g/mol. The SMILES string of the molecule is COc1ccc(Cl)cc1C(=O)N1CCN(c2ccc(NC(=O)c3cccc4c(Cl)cccc34)cc2)CC1. The van der Waals surface area contributed by atoms with Crippen molar-refractivity contribution in [2.45, 2.75) is 0 Å². The molecule has 0 aromatic heterocycles. The lowest BCUT2D eigenvalue weighted by atomic mass is 10.0. The van der Waals surface area contributed by atoms with Crippen LogP contribution in [0.2, 0.25) is 10.0 Å². The van der Waals surface area contributed by atoms with Gasteiger partial charge in [0.1, 0.15) is 5.75 Å². The Morgan fingerprint density at radius 1 is 0.811 bits per heavy atom. The number of hydrogen-bond donors (Lipinski definition) is 1. The van der Waals surface area contributed by atoms with Gasteiger partial charge in [0.05, 0.1) is 12.7 Å². The van der Waals surface area contributed by atoms with E-state index in [4.69, 9.17) is 27.9 Å². The van der Waals surface area contributed by atoms with Crippen LogP contribution in [0, 0.1) is 0 Å². The molecule has 6 nitrogen and oxygen atoms in total. The summed E-state index contributed by atoms with van der Waals surface area (Å²) in [5.41, 5.74) is 2.77. The molecule has 4 aromatic rings. The number of piperazine rings is 1. The summed E-state index contributed by atoms with van der Waals surface area (Å²) in [5.74, 6) is 0.233. The van der Waals surface area contributed by atoms with Crippen LogP contribution < -0.4 is 15.0 Å². The number of amides is 2. The molecule has 1 N–H and O–H groups in total. The number of nitrogens with zero attached hydrogens (tertiary/aromatic N) is 2. The van der Waals surface area contributed by atoms with Crippen LogP contribution in [0.1, 0.15) is 20.7 Å². The van der Waals surface area contributed by atoms with E-state index in [0.717, 1.165) is 16.5 Å². The molecule has 0 spiro atoms. The Morgan fingerprint density at radius 2 is 1.51 bits per heavy atom. The van der Waals surface area contributed by atoms with Crippen LogP contribution in [0.4, 0.5) is 11.4 Å². The zero-order chi connectivity index (χ0) is 25.9. The molecule has 0 atom stereocenters. The molecule has 1 heterocycles. The molecule has 2 amide bonds. The third kappa shape index (κ3) is 5.22. The third-order valence-corrected chi connectivity index (χ3v) is 7.13. The van der Waals surface area contributed by atoms with Crippen molar-refractivity contribution in [1.29, 1.82) is 0 Å². The monoisotopic (exact) mass is 533 g/mol. The fourth-order valence-corrected chi connectivity index (χ4v) is 5.02. The van der Waals surface area contributed by atoms with Gasteiger partial charge in [0, 0.05) is 58.5 Å². The minimum Gasteiger partial charge on any atom is -0.496 e. The normalized spacial score (nSPS) is 13.5. The van der Waals surface area contributed by atoms with Crippen molar-refractivity contribution in [1.82, 2.24) is 4.90 Å². The predicted molar refractivity (Wildman–Crippen MR) is 149 cm³/mol. The minimum atomic E-state index is -0.191. The fraction of sp³-hybridized carbons (Fsp3) is 0.172. The van der Waals surface area contributed by atoms with E-state index in [2.05, 4.69) is 10.2 Å². The number of carbonyl (C=O) groups is 2. The van der Waals surface area contributed by atoms with Crippen LogP contribution >= 0.6 is 23.2 Å². The average Bonchev–Trinajstić information content (AvgIpc) is 2.93. The standard InChI is InChI=1S/C29H25Cl2N3O3/c1-37-27-13-8-19(30)18-25(27)29(36)34-16-14-33(15-17-34)21-11-9-20(10-12-21)32-28(35)24-6-2-5-23-22(24)4-3-7-26(23)31/h2-13,18H,14-17H2,1H3,(H,32,35). The number of ether oxygens (including phenoxy) is 1. The molecule has 1 fully saturated rings. The zero-order valence-electron chi connectivity index (χ0n) is 20.2. The van der Waals surface area contributed by atoms with Gasteiger partial charge in [-0.2, -0.15) is 0 Å². The second kappa shape index (κ2) is 10.7. The van der Waals surface area contributed by atoms with E-state index in [1.807, 2.05) is 59.5 Å². The quantitative estimate of drug-likeness (QED) is 0.323. The van der Waals surface area contributed by atoms with Crippen molar-refractivity contribution >= 4 is 57.2 Å². The maximum atomic E-state index is 13.1. The Balaban J connectivity index is 1.22. The maximum Gasteiger partial charge on any atom is 0.257 e. The minimum absolute atomic E-state index is 0.0909. The lowest BCUT2D eigenvalue weighted by Gasteiger charge is -2.36. The van der Waals surface area contributed by atoms with Gasteiger partial charge in [-0.3, -0.25) is 9.59 Å². The molecule has 1 saturated heterocycles. The highest BCUT2D eigenvalue weighted by Gasteiger charge is 2.25. The lowest BCUT2D eigenvalue weighted by Crippen LogP contribution is -2.48. The number of rotatable bonds is 5. The Labute approximate surface area is 225 Å². The van der Waals surface area contributed by atoms with E-state index < -0.39 is 0 Å². The molecule has 5 rings (SSSR count). The van der Waals surface area contributed by atoms with Gasteiger partial charge in [-0.15, -0.1) is 0 Å². The van der Waals surface area contributed by atoms with Gasteiger partial charge in [-0.1, -0.05) is 47.5 Å². The Morgan fingerprint density at radius 3 is 2.24 bits per heavy atom. The van der Waals surface area contributed by atoms with E-state index in [1.165, 1.54) is 0 Å². The zero-order valence-corrected chi connectivity index (χ0v) is 21.7. The first kappa shape index (κ1) is 24.9. The lowest BCUT2D eigenvalue weighted by molar-refractivity contribution is 0.0743. The summed E-state index contributed by atoms with van der Waals surface area (Å²) in [6.45, 7) is 2.54. The molecule has 4 aromatic carbocycles. The van der Waals surface area contributed by atoms with E-state index in [9.17, 15) is 9.59 Å². The Hall–Kier alpha value is -3.74. The van der Waals surface area contributed by atoms with E-state index in [1.54, 1.807) is 31.4 Å². The van der Waals surface area contributed by atoms with Crippen molar-refractivity contribution in [2.75, 3.05) is 43.5 Å². The van der Waals surface area contributed by atoms with Crippen LogP contribution in [0.3, 0.4) is 0 Å². The van der Waals surface area contributed by atoms with Crippen molar-refractivity contribution in [3.63, 3.8) is 0 Å². The number of methoxy groups -OCH3 is 1. The van der Waals surface area contributed by atoms with Gasteiger partial charge in [0.2, 0.25) is 0 Å². The first-order valence-corrected chi connectivity index (χ1v) is 12.7. The molecule has 0 bridgehead atoms. The summed E-state index contributed by atoms with van der Waals surface area (Å²) in [7, 11) is 1.54. The molecule has 0 saturated carbocycles. The predicted octanol–water partition coefficient (Wildman–Crippen LogP) is 6.37. The Bertz CT molecular complexity index is 1470. The molecule has 0 aliphatic carbocycles. The van der Waals surface area contributed by atoms with E-state index >= 15 is 0 Å². The van der Waals surface area contributed by atoms with Crippen molar-refractivity contribution in [3.05, 3.63) is 100 Å². The van der Waals surface area contributed by atoms with Crippen LogP contribution in [-0.2, 0) is 0 Å². The van der Waals surface area contributed by atoms with Gasteiger partial charge >= 0.3 is 0 Å². The van der Waals surface area contributed by atoms with Crippen molar-refractivity contribution in [3.8, 4) is 5.75 Å². The molecule has 1 aliphatic heterocycles. The second-order valence-electron chi connectivity index (χ2n) is 8.77. The fourth-order valence-electron chi connectivity index (χ4n) is 4.61. The second-order valence-corrected chi connectivity index (χ2v) is 9.61. The van der Waals surface area contributed by atoms with E-state index in [0.29, 0.717) is 58.8 Å². The summed E-state index contributed by atoms with van der Waals surface area (Å²) in [6.07, 6.45) is 0. The van der Waals surface area contributed by atoms with Crippen LogP contribution in [0.5, 0.6) is 5.75 Å². The summed E-state index contributed by atoms with van der Waals surface area (Å²) in [6, 6.07) is 23.9. The molecule has 188 valence electrons. The first-order chi connectivity index (χ1) is 17.9. The number of carbonyl (C=O) groups excluding carboxylic acids is 2. The van der Waals surface area contributed by atoms with Crippen LogP contribution in [0.15, 0.2) is 78.9 Å². The maximum absolute atomic E-state index is 13.1. The Kier molecular flexibility index (Phi) is 7.22. The summed E-state index contributed by atoms with van der Waals surface area (Å²) >= 11 is 12.4. The third-order valence-electron chi connectivity index (χ3n) is 6.56. The molecular formula is C29H25Cl2N3O3. The molecular weight excluding hydrogens is 509 g/mol. The van der Waals surface area contributed by atoms with Gasteiger partial charge < -0.3 is 19.9 Å². The smallest absolute Gasteiger partial charge is 0.257 e. The van der Waals surface area contributed by atoms with Gasteiger partial charge in [0.25, 0.3) is 11.8 Å². The number of anilines is 2. The molecule has 0 unspecified atom stereocenters. The summed E-state index contributed by atoms with van der Waals surface area (Å²) < 4.78 is 5.34. The van der Waals surface area contributed by atoms with Gasteiger partial charge in [-0.25, -0.2) is 0 Å². The summed E-state index contributed by atoms with van der Waals surface area (Å²) in [5, 5.41) is 5.75. The summed E-state index contributed by atoms with van der Waals surface area (Å²) in [4.78, 5) is 30.1. The number of benzene rings is 4. The number of hydrogen-bond acceptors (Lipinski definition) is 4. The molecule has 1 aliphatic rings. The van der Waals surface area contributed by atoms with Crippen molar-refractivity contribution in [2.24, 2.45) is 0 Å². The van der Waals surface area contributed by atoms with Gasteiger partial charge in [0.15, 0.2) is 0 Å². The number of nitrogens with one attached hydrogen (secondary N) is 1. The van der Waals surface area contributed by atoms with E-state index in [-0.39, 0.29) is 11.8 Å². The topological polar surface area (TPSA) is 61.9 Å². The molecule has 0 radical (unpaired) electrons. The number of halogens is 2.